The van der Waals surface area contributed by atoms with E-state index in [1.165, 1.54) is 5.56 Å². The van der Waals surface area contributed by atoms with Gasteiger partial charge in [-0.2, -0.15) is 0 Å². The van der Waals surface area contributed by atoms with Gasteiger partial charge in [0.15, 0.2) is 0 Å². The third kappa shape index (κ3) is 5.49. The fraction of sp³-hybridized carbons (Fsp3) is 0.667. The molecular weight excluding hydrogens is 302 g/mol. The number of halogens is 1. The minimum atomic E-state index is 0.479. The number of nitrogens with one attached hydrogen (secondary N) is 1. The Labute approximate surface area is 125 Å². The van der Waals surface area contributed by atoms with Crippen molar-refractivity contribution in [2.45, 2.75) is 47.2 Å². The second-order valence-corrected chi connectivity index (χ2v) is 6.52. The van der Waals surface area contributed by atoms with Crippen LogP contribution in [0.15, 0.2) is 16.7 Å². The molecule has 0 saturated carbocycles. The number of hydrogen-bond donors (Lipinski definition) is 1. The zero-order valence-electron chi connectivity index (χ0n) is 12.7. The Kier molecular flexibility index (Phi) is 6.80. The maximum atomic E-state index is 4.62. The lowest BCUT2D eigenvalue weighted by molar-refractivity contribution is 0.580. The van der Waals surface area contributed by atoms with E-state index in [0.29, 0.717) is 12.0 Å². The largest absolute Gasteiger partial charge is 0.356 e. The molecule has 0 aromatic carbocycles. The van der Waals surface area contributed by atoms with Gasteiger partial charge in [-0.15, -0.1) is 0 Å². The van der Waals surface area contributed by atoms with E-state index in [4.69, 9.17) is 0 Å². The highest BCUT2D eigenvalue weighted by atomic mass is 79.9. The molecule has 0 spiro atoms. The molecule has 1 aromatic rings. The van der Waals surface area contributed by atoms with Gasteiger partial charge in [0.1, 0.15) is 5.82 Å². The molecule has 0 fully saturated rings. The number of nitrogens with zero attached hydrogens (tertiary/aromatic N) is 2. The quantitative estimate of drug-likeness (QED) is 0.825. The van der Waals surface area contributed by atoms with Gasteiger partial charge in [-0.25, -0.2) is 4.98 Å². The lowest BCUT2D eigenvalue weighted by Crippen LogP contribution is -2.30. The Bertz CT molecular complexity index is 391. The first-order valence-corrected chi connectivity index (χ1v) is 7.86. The zero-order valence-corrected chi connectivity index (χ0v) is 14.3. The van der Waals surface area contributed by atoms with Gasteiger partial charge in [0.05, 0.1) is 0 Å². The molecule has 3 nitrogen and oxygen atoms in total. The maximum Gasteiger partial charge on any atom is 0.133 e. The monoisotopic (exact) mass is 327 g/mol. The molecule has 4 heteroatoms. The Balaban J connectivity index is 2.96. The fourth-order valence-corrected chi connectivity index (χ4v) is 2.39. The first-order valence-electron chi connectivity index (χ1n) is 7.06. The van der Waals surface area contributed by atoms with Crippen LogP contribution in [0.4, 0.5) is 5.82 Å². The lowest BCUT2D eigenvalue weighted by atomic mass is 10.1. The average Bonchev–Trinajstić information content (AvgIpc) is 2.33. The molecule has 1 N–H and O–H groups in total. The molecule has 0 bridgehead atoms. The van der Waals surface area contributed by atoms with E-state index in [1.807, 2.05) is 6.20 Å². The van der Waals surface area contributed by atoms with Crippen LogP contribution in [-0.4, -0.2) is 24.1 Å². The van der Waals surface area contributed by atoms with Crippen LogP contribution >= 0.6 is 15.9 Å². The van der Waals surface area contributed by atoms with Crippen molar-refractivity contribution in [3.8, 4) is 0 Å². The SMILES string of the molecule is CCN(CC(C)C)c1ncc(Br)cc1CNC(C)C. The Hall–Kier alpha value is -0.610. The maximum absolute atomic E-state index is 4.62. The van der Waals surface area contributed by atoms with Crippen LogP contribution < -0.4 is 10.2 Å². The number of rotatable bonds is 7. The molecule has 1 aromatic heterocycles. The van der Waals surface area contributed by atoms with Gasteiger partial charge in [0, 0.05) is 41.9 Å². The van der Waals surface area contributed by atoms with Crippen LogP contribution in [0.1, 0.15) is 40.2 Å². The second-order valence-electron chi connectivity index (χ2n) is 5.60. The molecule has 0 amide bonds. The normalized spacial score (nSPS) is 11.4. The average molecular weight is 328 g/mol. The standard InChI is InChI=1S/C15H26BrN3/c1-6-19(10-11(2)3)15-13(8-17-12(4)5)7-14(16)9-18-15/h7,9,11-12,17H,6,8,10H2,1-5H3. The summed E-state index contributed by atoms with van der Waals surface area (Å²) in [6.45, 7) is 13.9. The third-order valence-corrected chi connectivity index (χ3v) is 3.31. The molecule has 1 rings (SSSR count). The Morgan fingerprint density at radius 2 is 2.00 bits per heavy atom. The third-order valence-electron chi connectivity index (χ3n) is 2.88. The van der Waals surface area contributed by atoms with Gasteiger partial charge in [0.2, 0.25) is 0 Å². The van der Waals surface area contributed by atoms with Gasteiger partial charge < -0.3 is 10.2 Å². The molecule has 0 radical (unpaired) electrons. The van der Waals surface area contributed by atoms with Crippen molar-refractivity contribution >= 4 is 21.7 Å². The summed E-state index contributed by atoms with van der Waals surface area (Å²) in [4.78, 5) is 6.98. The number of pyridine rings is 1. The summed E-state index contributed by atoms with van der Waals surface area (Å²) in [5.41, 5.74) is 1.26. The van der Waals surface area contributed by atoms with Crippen molar-refractivity contribution in [2.75, 3.05) is 18.0 Å². The van der Waals surface area contributed by atoms with Crippen molar-refractivity contribution < 1.29 is 0 Å². The van der Waals surface area contributed by atoms with E-state index in [0.717, 1.165) is 29.9 Å². The zero-order chi connectivity index (χ0) is 14.4. The van der Waals surface area contributed by atoms with Crippen molar-refractivity contribution in [3.63, 3.8) is 0 Å². The van der Waals surface area contributed by atoms with Crippen molar-refractivity contribution in [1.82, 2.24) is 10.3 Å². The molecule has 0 unspecified atom stereocenters. The minimum Gasteiger partial charge on any atom is -0.356 e. The van der Waals surface area contributed by atoms with Crippen LogP contribution in [0, 0.1) is 5.92 Å². The molecule has 1 heterocycles. The summed E-state index contributed by atoms with van der Waals surface area (Å²) in [5, 5.41) is 3.47. The highest BCUT2D eigenvalue weighted by Gasteiger charge is 2.13. The molecule has 0 aliphatic rings. The molecule has 19 heavy (non-hydrogen) atoms. The molecule has 0 aliphatic carbocycles. The first kappa shape index (κ1) is 16.4. The Morgan fingerprint density at radius 3 is 2.53 bits per heavy atom. The highest BCUT2D eigenvalue weighted by Crippen LogP contribution is 2.22. The van der Waals surface area contributed by atoms with Crippen LogP contribution in [0.25, 0.3) is 0 Å². The summed E-state index contributed by atoms with van der Waals surface area (Å²) in [7, 11) is 0. The van der Waals surface area contributed by atoms with Gasteiger partial charge in [-0.3, -0.25) is 0 Å². The van der Waals surface area contributed by atoms with Crippen molar-refractivity contribution in [2.24, 2.45) is 5.92 Å². The predicted octanol–water partition coefficient (Wildman–Crippen LogP) is 3.82. The predicted molar refractivity (Wildman–Crippen MR) is 86.6 cm³/mol. The first-order chi connectivity index (χ1) is 8.93. The van der Waals surface area contributed by atoms with Crippen LogP contribution in [0.3, 0.4) is 0 Å². The fourth-order valence-electron chi connectivity index (χ4n) is 2.01. The minimum absolute atomic E-state index is 0.479. The van der Waals surface area contributed by atoms with Crippen LogP contribution in [0.2, 0.25) is 0 Å². The van der Waals surface area contributed by atoms with E-state index in [9.17, 15) is 0 Å². The van der Waals surface area contributed by atoms with E-state index in [2.05, 4.69) is 71.8 Å². The van der Waals surface area contributed by atoms with Crippen molar-refractivity contribution in [3.05, 3.63) is 22.3 Å². The molecule has 0 atom stereocenters. The molecule has 0 saturated heterocycles. The highest BCUT2D eigenvalue weighted by molar-refractivity contribution is 9.10. The number of aromatic nitrogens is 1. The van der Waals surface area contributed by atoms with Gasteiger partial charge in [-0.1, -0.05) is 27.7 Å². The van der Waals surface area contributed by atoms with Crippen LogP contribution in [0.5, 0.6) is 0 Å². The summed E-state index contributed by atoms with van der Waals surface area (Å²) >= 11 is 3.52. The summed E-state index contributed by atoms with van der Waals surface area (Å²) in [6, 6.07) is 2.65. The van der Waals surface area contributed by atoms with E-state index in [1.54, 1.807) is 0 Å². The van der Waals surface area contributed by atoms with Crippen LogP contribution in [-0.2, 0) is 6.54 Å². The van der Waals surface area contributed by atoms with Gasteiger partial charge >= 0.3 is 0 Å². The molecular formula is C15H26BrN3. The molecule has 0 aliphatic heterocycles. The smallest absolute Gasteiger partial charge is 0.133 e. The topological polar surface area (TPSA) is 28.2 Å². The van der Waals surface area contributed by atoms with Crippen molar-refractivity contribution in [1.29, 1.82) is 0 Å². The Morgan fingerprint density at radius 1 is 1.32 bits per heavy atom. The van der Waals surface area contributed by atoms with E-state index in [-0.39, 0.29) is 0 Å². The second kappa shape index (κ2) is 7.85. The van der Waals surface area contributed by atoms with Gasteiger partial charge in [0.25, 0.3) is 0 Å². The number of hydrogen-bond acceptors (Lipinski definition) is 3. The number of anilines is 1. The summed E-state index contributed by atoms with van der Waals surface area (Å²) in [5.74, 6) is 1.74. The summed E-state index contributed by atoms with van der Waals surface area (Å²) in [6.07, 6.45) is 1.89. The van der Waals surface area contributed by atoms with E-state index < -0.39 is 0 Å². The van der Waals surface area contributed by atoms with E-state index >= 15 is 0 Å². The summed E-state index contributed by atoms with van der Waals surface area (Å²) < 4.78 is 1.04. The molecule has 108 valence electrons. The van der Waals surface area contributed by atoms with Gasteiger partial charge in [-0.05, 0) is 34.8 Å². The lowest BCUT2D eigenvalue weighted by Gasteiger charge is -2.26.